The van der Waals surface area contributed by atoms with Crippen molar-refractivity contribution in [2.24, 2.45) is 0 Å². The van der Waals surface area contributed by atoms with Crippen LogP contribution in [0, 0.1) is 12.7 Å². The number of alkyl halides is 1. The summed E-state index contributed by atoms with van der Waals surface area (Å²) in [5, 5.41) is 3.31. The number of hydrogen-bond donors (Lipinski definition) is 0. The Morgan fingerprint density at radius 2 is 2.24 bits per heavy atom. The topological polar surface area (TPSA) is 56.7 Å². The summed E-state index contributed by atoms with van der Waals surface area (Å²) >= 11 is 6.19. The minimum atomic E-state index is -0.275. The van der Waals surface area contributed by atoms with E-state index in [4.69, 9.17) is 16.1 Å². The van der Waals surface area contributed by atoms with Crippen molar-refractivity contribution < 1.29 is 8.91 Å². The number of rotatable bonds is 4. The van der Waals surface area contributed by atoms with Crippen LogP contribution in [0.5, 0.6) is 0 Å². The minimum absolute atomic E-state index is 0.266. The van der Waals surface area contributed by atoms with Gasteiger partial charge in [-0.1, -0.05) is 5.16 Å². The first-order chi connectivity index (χ1) is 10.1. The molecule has 2 aromatic heterocycles. The maximum atomic E-state index is 13.7. The molecule has 0 saturated carbocycles. The Balaban J connectivity index is 2.04. The molecule has 0 spiro atoms. The van der Waals surface area contributed by atoms with E-state index >= 15 is 0 Å². The molecule has 5 nitrogen and oxygen atoms in total. The molecule has 3 rings (SSSR count). The first-order valence-corrected chi connectivity index (χ1v) is 7.06. The van der Waals surface area contributed by atoms with Crippen LogP contribution in [-0.4, -0.2) is 19.7 Å². The van der Waals surface area contributed by atoms with Gasteiger partial charge in [-0.2, -0.15) is 4.98 Å². The van der Waals surface area contributed by atoms with Crippen LogP contribution in [0.4, 0.5) is 4.39 Å². The first-order valence-electron chi connectivity index (χ1n) is 6.62. The van der Waals surface area contributed by atoms with Crippen LogP contribution in [0.1, 0.15) is 29.6 Å². The quantitative estimate of drug-likeness (QED) is 0.693. The van der Waals surface area contributed by atoms with Crippen LogP contribution in [0.25, 0.3) is 11.0 Å². The molecule has 21 heavy (non-hydrogen) atoms. The molecule has 1 atom stereocenters. The van der Waals surface area contributed by atoms with Gasteiger partial charge in [0.05, 0.1) is 16.4 Å². The van der Waals surface area contributed by atoms with E-state index in [1.807, 2.05) is 11.5 Å². The van der Waals surface area contributed by atoms with Crippen LogP contribution in [0.15, 0.2) is 23.0 Å². The second-order valence-corrected chi connectivity index (χ2v) is 5.57. The third-order valence-corrected chi connectivity index (χ3v) is 3.57. The summed E-state index contributed by atoms with van der Waals surface area (Å²) < 4.78 is 20.7. The van der Waals surface area contributed by atoms with E-state index in [1.54, 1.807) is 13.0 Å². The van der Waals surface area contributed by atoms with Gasteiger partial charge in [-0.3, -0.25) is 0 Å². The summed E-state index contributed by atoms with van der Waals surface area (Å²) in [7, 11) is 0. The fourth-order valence-electron chi connectivity index (χ4n) is 2.32. The fraction of sp³-hybridized carbons (Fsp3) is 0.357. The van der Waals surface area contributed by atoms with Gasteiger partial charge in [-0.15, -0.1) is 11.6 Å². The first kappa shape index (κ1) is 14.0. The van der Waals surface area contributed by atoms with E-state index in [0.29, 0.717) is 35.8 Å². The van der Waals surface area contributed by atoms with E-state index in [1.165, 1.54) is 12.4 Å². The van der Waals surface area contributed by atoms with Gasteiger partial charge in [0, 0.05) is 19.0 Å². The second-order valence-electron chi connectivity index (χ2n) is 4.91. The SMILES string of the molecule is Cc1cc2c(cc1F)nc(C(C)Cl)n2CCc1ncno1. The number of fused-ring (bicyclic) bond motifs is 1. The molecule has 0 aliphatic rings. The van der Waals surface area contributed by atoms with E-state index in [9.17, 15) is 4.39 Å². The van der Waals surface area contributed by atoms with Gasteiger partial charge < -0.3 is 9.09 Å². The molecule has 0 N–H and O–H groups in total. The highest BCUT2D eigenvalue weighted by Gasteiger charge is 2.17. The highest BCUT2D eigenvalue weighted by molar-refractivity contribution is 6.20. The molecule has 0 amide bonds. The number of hydrogen-bond acceptors (Lipinski definition) is 4. The number of aryl methyl sites for hydroxylation is 3. The number of imidazole rings is 1. The molecular weight excluding hydrogens is 295 g/mol. The zero-order chi connectivity index (χ0) is 15.0. The lowest BCUT2D eigenvalue weighted by Gasteiger charge is -2.09. The largest absolute Gasteiger partial charge is 0.340 e. The maximum Gasteiger partial charge on any atom is 0.228 e. The molecule has 0 radical (unpaired) electrons. The van der Waals surface area contributed by atoms with E-state index < -0.39 is 0 Å². The second kappa shape index (κ2) is 5.44. The minimum Gasteiger partial charge on any atom is -0.340 e. The Hall–Kier alpha value is -1.95. The summed E-state index contributed by atoms with van der Waals surface area (Å²) in [5.41, 5.74) is 2.04. The third kappa shape index (κ3) is 2.63. The lowest BCUT2D eigenvalue weighted by atomic mass is 10.2. The molecule has 0 fully saturated rings. The molecule has 0 bridgehead atoms. The fourth-order valence-corrected chi connectivity index (χ4v) is 2.49. The molecule has 3 aromatic rings. The number of aromatic nitrogens is 4. The van der Waals surface area contributed by atoms with Crippen LogP contribution in [0.2, 0.25) is 0 Å². The molecule has 110 valence electrons. The Labute approximate surface area is 125 Å². The highest BCUT2D eigenvalue weighted by Crippen LogP contribution is 2.26. The van der Waals surface area contributed by atoms with Gasteiger partial charge >= 0.3 is 0 Å². The highest BCUT2D eigenvalue weighted by atomic mass is 35.5. The summed E-state index contributed by atoms with van der Waals surface area (Å²) in [4.78, 5) is 8.44. The van der Waals surface area contributed by atoms with E-state index in [2.05, 4.69) is 15.1 Å². The van der Waals surface area contributed by atoms with Crippen molar-refractivity contribution in [3.05, 3.63) is 41.6 Å². The predicted octanol–water partition coefficient (Wildman–Crippen LogP) is 3.41. The molecule has 1 aromatic carbocycles. The third-order valence-electron chi connectivity index (χ3n) is 3.37. The van der Waals surface area contributed by atoms with Gasteiger partial charge in [-0.05, 0) is 25.5 Å². The maximum absolute atomic E-state index is 13.7. The molecule has 2 heterocycles. The standard InChI is InChI=1S/C14H14ClFN4O/c1-8-5-12-11(6-10(8)16)19-14(9(2)15)20(12)4-3-13-17-7-18-21-13/h5-7,9H,3-4H2,1-2H3. The predicted molar refractivity (Wildman–Crippen MR) is 76.7 cm³/mol. The Bertz CT molecular complexity index is 767. The molecule has 1 unspecified atom stereocenters. The average molecular weight is 309 g/mol. The smallest absolute Gasteiger partial charge is 0.228 e. The van der Waals surface area contributed by atoms with Gasteiger partial charge in [0.2, 0.25) is 5.89 Å². The zero-order valence-electron chi connectivity index (χ0n) is 11.7. The summed E-state index contributed by atoms with van der Waals surface area (Å²) in [5.74, 6) is 0.984. The van der Waals surface area contributed by atoms with Crippen molar-refractivity contribution in [2.75, 3.05) is 0 Å². The van der Waals surface area contributed by atoms with Crippen molar-refractivity contribution in [1.82, 2.24) is 19.7 Å². The number of nitrogens with zero attached hydrogens (tertiary/aromatic N) is 4. The summed E-state index contributed by atoms with van der Waals surface area (Å²) in [6, 6.07) is 3.23. The van der Waals surface area contributed by atoms with Crippen LogP contribution < -0.4 is 0 Å². The van der Waals surface area contributed by atoms with Crippen molar-refractivity contribution >= 4 is 22.6 Å². The Kier molecular flexibility index (Phi) is 3.63. The Morgan fingerprint density at radius 1 is 1.43 bits per heavy atom. The lowest BCUT2D eigenvalue weighted by molar-refractivity contribution is 0.370. The van der Waals surface area contributed by atoms with Crippen molar-refractivity contribution in [2.45, 2.75) is 32.2 Å². The molecule has 0 saturated heterocycles. The zero-order valence-corrected chi connectivity index (χ0v) is 12.4. The van der Waals surface area contributed by atoms with Crippen molar-refractivity contribution in [3.63, 3.8) is 0 Å². The molecule has 0 aliphatic heterocycles. The lowest BCUT2D eigenvalue weighted by Crippen LogP contribution is -2.07. The van der Waals surface area contributed by atoms with Gasteiger partial charge in [-0.25, -0.2) is 9.37 Å². The van der Waals surface area contributed by atoms with E-state index in [-0.39, 0.29) is 11.2 Å². The van der Waals surface area contributed by atoms with Crippen molar-refractivity contribution in [3.8, 4) is 0 Å². The van der Waals surface area contributed by atoms with Crippen LogP contribution in [0.3, 0.4) is 0 Å². The average Bonchev–Trinajstić information content (AvgIpc) is 3.05. The van der Waals surface area contributed by atoms with Crippen LogP contribution >= 0.6 is 11.6 Å². The molecular formula is C14H14ClFN4O. The number of halogens is 2. The van der Waals surface area contributed by atoms with Gasteiger partial charge in [0.25, 0.3) is 0 Å². The van der Waals surface area contributed by atoms with Gasteiger partial charge in [0.1, 0.15) is 11.6 Å². The van der Waals surface area contributed by atoms with E-state index in [0.717, 1.165) is 5.52 Å². The monoisotopic (exact) mass is 308 g/mol. The molecule has 0 aliphatic carbocycles. The summed E-state index contributed by atoms with van der Waals surface area (Å²) in [6.45, 7) is 4.17. The van der Waals surface area contributed by atoms with Crippen molar-refractivity contribution in [1.29, 1.82) is 0 Å². The van der Waals surface area contributed by atoms with Gasteiger partial charge in [0.15, 0.2) is 6.33 Å². The normalized spacial score (nSPS) is 13.0. The number of benzene rings is 1. The van der Waals surface area contributed by atoms with Crippen LogP contribution in [-0.2, 0) is 13.0 Å². The summed E-state index contributed by atoms with van der Waals surface area (Å²) in [6.07, 6.45) is 1.93. The molecule has 7 heteroatoms. The Morgan fingerprint density at radius 3 is 2.90 bits per heavy atom.